The fourth-order valence-corrected chi connectivity index (χ4v) is 2.88. The van der Waals surface area contributed by atoms with E-state index in [2.05, 4.69) is 32.1 Å². The van der Waals surface area contributed by atoms with Gasteiger partial charge in [-0.15, -0.1) is 0 Å². The third-order valence-electron chi connectivity index (χ3n) is 3.65. The lowest BCUT2D eigenvalue weighted by Gasteiger charge is -2.25. The molecule has 0 bridgehead atoms. The lowest BCUT2D eigenvalue weighted by molar-refractivity contribution is -0.129. The standard InChI is InChI=1S/C14H17NO/c1-14(2)7-5-10-3-4-12(16)15-8-6-11(9-14)13(10)15/h5,7,9H,3-4,6,8H2,1-2H3. The Morgan fingerprint density at radius 1 is 1.25 bits per heavy atom. The highest BCUT2D eigenvalue weighted by Crippen LogP contribution is 2.41. The van der Waals surface area contributed by atoms with Crippen LogP contribution >= 0.6 is 0 Å². The fraction of sp³-hybridized carbons (Fsp3) is 0.500. The van der Waals surface area contributed by atoms with Gasteiger partial charge in [0, 0.05) is 24.1 Å². The average Bonchev–Trinajstić information content (AvgIpc) is 2.56. The van der Waals surface area contributed by atoms with Gasteiger partial charge in [-0.1, -0.05) is 32.1 Å². The largest absolute Gasteiger partial charge is 0.312 e. The summed E-state index contributed by atoms with van der Waals surface area (Å²) >= 11 is 0. The summed E-state index contributed by atoms with van der Waals surface area (Å²) in [4.78, 5) is 13.8. The van der Waals surface area contributed by atoms with Crippen LogP contribution in [-0.4, -0.2) is 17.4 Å². The fourth-order valence-electron chi connectivity index (χ4n) is 2.88. The molecule has 2 nitrogen and oxygen atoms in total. The predicted octanol–water partition coefficient (Wildman–Crippen LogP) is 2.79. The molecule has 0 atom stereocenters. The maximum atomic E-state index is 11.8. The van der Waals surface area contributed by atoms with Crippen LogP contribution in [0.2, 0.25) is 0 Å². The van der Waals surface area contributed by atoms with Crippen LogP contribution in [0.5, 0.6) is 0 Å². The van der Waals surface area contributed by atoms with E-state index in [4.69, 9.17) is 0 Å². The smallest absolute Gasteiger partial charge is 0.227 e. The van der Waals surface area contributed by atoms with Crippen LogP contribution in [0, 0.1) is 5.41 Å². The summed E-state index contributed by atoms with van der Waals surface area (Å²) in [5.41, 5.74) is 4.07. The first kappa shape index (κ1) is 9.88. The van der Waals surface area contributed by atoms with E-state index in [-0.39, 0.29) is 5.41 Å². The zero-order chi connectivity index (χ0) is 11.3. The Morgan fingerprint density at radius 3 is 2.88 bits per heavy atom. The lowest BCUT2D eigenvalue weighted by Crippen LogP contribution is -2.30. The minimum atomic E-state index is 0.117. The Balaban J connectivity index is 2.16. The molecule has 0 spiro atoms. The first-order valence-electron chi connectivity index (χ1n) is 6.02. The minimum absolute atomic E-state index is 0.117. The van der Waals surface area contributed by atoms with Crippen LogP contribution < -0.4 is 0 Å². The van der Waals surface area contributed by atoms with Crippen molar-refractivity contribution in [1.29, 1.82) is 0 Å². The molecular weight excluding hydrogens is 198 g/mol. The second kappa shape index (κ2) is 3.09. The number of hydrogen-bond acceptors (Lipinski definition) is 1. The van der Waals surface area contributed by atoms with Crippen molar-refractivity contribution in [3.8, 4) is 0 Å². The SMILES string of the molecule is CC1(C)C=CC2=C3C(=C1)CCN3C(=O)CC2. The van der Waals surface area contributed by atoms with Gasteiger partial charge in [0.2, 0.25) is 5.91 Å². The van der Waals surface area contributed by atoms with Crippen LogP contribution in [-0.2, 0) is 4.79 Å². The molecule has 0 saturated carbocycles. The number of allylic oxidation sites excluding steroid dienone is 5. The molecule has 2 heterocycles. The molecule has 0 aromatic carbocycles. The van der Waals surface area contributed by atoms with Crippen molar-refractivity contribution in [1.82, 2.24) is 4.90 Å². The molecule has 84 valence electrons. The van der Waals surface area contributed by atoms with E-state index in [0.29, 0.717) is 12.3 Å². The van der Waals surface area contributed by atoms with E-state index >= 15 is 0 Å². The predicted molar refractivity (Wildman–Crippen MR) is 63.6 cm³/mol. The Hall–Kier alpha value is -1.31. The Kier molecular flexibility index (Phi) is 1.91. The van der Waals surface area contributed by atoms with Gasteiger partial charge in [0.1, 0.15) is 0 Å². The van der Waals surface area contributed by atoms with Crippen LogP contribution in [0.3, 0.4) is 0 Å². The van der Waals surface area contributed by atoms with Gasteiger partial charge < -0.3 is 4.90 Å². The van der Waals surface area contributed by atoms with Gasteiger partial charge in [0.05, 0.1) is 0 Å². The molecule has 2 aliphatic heterocycles. The van der Waals surface area contributed by atoms with Gasteiger partial charge in [-0.3, -0.25) is 4.79 Å². The third kappa shape index (κ3) is 1.36. The van der Waals surface area contributed by atoms with Gasteiger partial charge in [-0.2, -0.15) is 0 Å². The van der Waals surface area contributed by atoms with Crippen molar-refractivity contribution in [2.75, 3.05) is 6.54 Å². The van der Waals surface area contributed by atoms with Crippen molar-refractivity contribution >= 4 is 5.91 Å². The monoisotopic (exact) mass is 215 g/mol. The molecule has 0 N–H and O–H groups in total. The summed E-state index contributed by atoms with van der Waals surface area (Å²) in [5.74, 6) is 0.301. The van der Waals surface area contributed by atoms with E-state index in [1.165, 1.54) is 16.8 Å². The Bertz CT molecular complexity index is 451. The van der Waals surface area contributed by atoms with Crippen molar-refractivity contribution in [3.63, 3.8) is 0 Å². The van der Waals surface area contributed by atoms with Gasteiger partial charge in [0.15, 0.2) is 0 Å². The van der Waals surface area contributed by atoms with Crippen molar-refractivity contribution < 1.29 is 4.79 Å². The van der Waals surface area contributed by atoms with Gasteiger partial charge in [0.25, 0.3) is 0 Å². The first-order valence-corrected chi connectivity index (χ1v) is 6.02. The molecule has 0 radical (unpaired) electrons. The molecule has 1 amide bonds. The zero-order valence-electron chi connectivity index (χ0n) is 9.92. The van der Waals surface area contributed by atoms with Gasteiger partial charge in [-0.25, -0.2) is 0 Å². The van der Waals surface area contributed by atoms with Crippen LogP contribution in [0.25, 0.3) is 0 Å². The molecule has 2 heteroatoms. The number of hydrogen-bond donors (Lipinski definition) is 0. The highest BCUT2D eigenvalue weighted by molar-refractivity contribution is 5.82. The summed E-state index contributed by atoms with van der Waals surface area (Å²) in [6, 6.07) is 0. The molecule has 1 aliphatic carbocycles. The summed E-state index contributed by atoms with van der Waals surface area (Å²) in [6.07, 6.45) is 9.42. The molecule has 1 fully saturated rings. The van der Waals surface area contributed by atoms with Crippen molar-refractivity contribution in [2.24, 2.45) is 5.41 Å². The lowest BCUT2D eigenvalue weighted by atomic mass is 9.91. The second-order valence-electron chi connectivity index (χ2n) is 5.49. The number of amides is 1. The normalized spacial score (nSPS) is 26.8. The average molecular weight is 215 g/mol. The van der Waals surface area contributed by atoms with E-state index in [1.807, 2.05) is 4.90 Å². The number of carbonyl (C=O) groups excluding carboxylic acids is 1. The highest BCUT2D eigenvalue weighted by atomic mass is 16.2. The topological polar surface area (TPSA) is 20.3 Å². The summed E-state index contributed by atoms with van der Waals surface area (Å²) < 4.78 is 0. The van der Waals surface area contributed by atoms with E-state index in [0.717, 1.165) is 19.4 Å². The van der Waals surface area contributed by atoms with Crippen molar-refractivity contribution in [2.45, 2.75) is 33.1 Å². The molecule has 0 aromatic heterocycles. The maximum absolute atomic E-state index is 11.8. The molecule has 0 unspecified atom stereocenters. The number of rotatable bonds is 0. The zero-order valence-corrected chi connectivity index (χ0v) is 9.92. The second-order valence-corrected chi connectivity index (χ2v) is 5.49. The summed E-state index contributed by atoms with van der Waals surface area (Å²) in [5, 5.41) is 0. The van der Waals surface area contributed by atoms with E-state index in [1.54, 1.807) is 0 Å². The molecule has 0 aromatic rings. The minimum Gasteiger partial charge on any atom is -0.312 e. The van der Waals surface area contributed by atoms with Crippen LogP contribution in [0.4, 0.5) is 0 Å². The molecule has 3 rings (SSSR count). The molecule has 3 aliphatic rings. The Labute approximate surface area is 96.3 Å². The van der Waals surface area contributed by atoms with Crippen LogP contribution in [0.15, 0.2) is 35.1 Å². The van der Waals surface area contributed by atoms with Crippen LogP contribution in [0.1, 0.15) is 33.1 Å². The van der Waals surface area contributed by atoms with Gasteiger partial charge in [-0.05, 0) is 24.0 Å². The van der Waals surface area contributed by atoms with Gasteiger partial charge >= 0.3 is 0 Å². The summed E-state index contributed by atoms with van der Waals surface area (Å²) in [7, 11) is 0. The van der Waals surface area contributed by atoms with E-state index < -0.39 is 0 Å². The highest BCUT2D eigenvalue weighted by Gasteiger charge is 2.34. The summed E-state index contributed by atoms with van der Waals surface area (Å²) in [6.45, 7) is 5.33. The van der Waals surface area contributed by atoms with E-state index in [9.17, 15) is 4.79 Å². The molecule has 16 heavy (non-hydrogen) atoms. The maximum Gasteiger partial charge on any atom is 0.227 e. The quantitative estimate of drug-likeness (QED) is 0.608. The van der Waals surface area contributed by atoms with Crippen molar-refractivity contribution in [3.05, 3.63) is 35.1 Å². The number of carbonyl (C=O) groups is 1. The first-order chi connectivity index (χ1) is 7.57. The molecular formula is C14H17NO. The molecule has 1 saturated heterocycles. The Morgan fingerprint density at radius 2 is 2.06 bits per heavy atom. The third-order valence-corrected chi connectivity index (χ3v) is 3.65. The number of nitrogens with zero attached hydrogens (tertiary/aromatic N) is 1.